The van der Waals surface area contributed by atoms with E-state index in [0.29, 0.717) is 28.5 Å². The van der Waals surface area contributed by atoms with Crippen molar-refractivity contribution >= 4 is 33.7 Å². The Labute approximate surface area is 170 Å². The SMILES string of the molecule is COc1cc(OC)c2nc(Nc3nc4c(OC)ccc(O)c4c(=O)[nH]3)nc(C)c2c1. The van der Waals surface area contributed by atoms with Crippen molar-refractivity contribution in [3.05, 3.63) is 40.3 Å². The third-order valence-corrected chi connectivity index (χ3v) is 4.64. The maximum atomic E-state index is 12.5. The van der Waals surface area contributed by atoms with Gasteiger partial charge in [0.15, 0.2) is 0 Å². The van der Waals surface area contributed by atoms with E-state index >= 15 is 0 Å². The first kappa shape index (κ1) is 19.2. The summed E-state index contributed by atoms with van der Waals surface area (Å²) in [5.41, 5.74) is 0.937. The molecule has 0 amide bonds. The Morgan fingerprint density at radius 3 is 2.43 bits per heavy atom. The summed E-state index contributed by atoms with van der Waals surface area (Å²) in [4.78, 5) is 28.4. The van der Waals surface area contributed by atoms with Gasteiger partial charge in [-0.25, -0.2) is 15.0 Å². The number of aromatic nitrogens is 4. The molecule has 30 heavy (non-hydrogen) atoms. The molecule has 0 unspecified atom stereocenters. The van der Waals surface area contributed by atoms with Gasteiger partial charge in [-0.2, -0.15) is 0 Å². The van der Waals surface area contributed by atoms with Gasteiger partial charge in [0, 0.05) is 11.5 Å². The van der Waals surface area contributed by atoms with Gasteiger partial charge in [-0.05, 0) is 25.1 Å². The molecule has 4 rings (SSSR count). The number of aromatic hydroxyl groups is 1. The minimum absolute atomic E-state index is 0.0317. The zero-order chi connectivity index (χ0) is 21.4. The largest absolute Gasteiger partial charge is 0.507 e. The van der Waals surface area contributed by atoms with Crippen molar-refractivity contribution in [3.8, 4) is 23.0 Å². The summed E-state index contributed by atoms with van der Waals surface area (Å²) in [5.74, 6) is 1.61. The normalized spacial score (nSPS) is 10.9. The van der Waals surface area contributed by atoms with Gasteiger partial charge in [0.25, 0.3) is 5.56 Å². The number of ether oxygens (including phenoxy) is 3. The monoisotopic (exact) mass is 409 g/mol. The van der Waals surface area contributed by atoms with Gasteiger partial charge in [0.1, 0.15) is 39.4 Å². The van der Waals surface area contributed by atoms with Crippen LogP contribution in [0.15, 0.2) is 29.1 Å². The van der Waals surface area contributed by atoms with E-state index in [-0.39, 0.29) is 28.5 Å². The molecule has 10 heteroatoms. The summed E-state index contributed by atoms with van der Waals surface area (Å²) >= 11 is 0. The molecule has 0 radical (unpaired) electrons. The van der Waals surface area contributed by atoms with Gasteiger partial charge in [-0.3, -0.25) is 15.1 Å². The summed E-state index contributed by atoms with van der Waals surface area (Å²) in [6.45, 7) is 1.83. The molecule has 0 spiro atoms. The highest BCUT2D eigenvalue weighted by Crippen LogP contribution is 2.32. The van der Waals surface area contributed by atoms with Crippen LogP contribution in [0.25, 0.3) is 21.8 Å². The third-order valence-electron chi connectivity index (χ3n) is 4.64. The average Bonchev–Trinajstić information content (AvgIpc) is 2.73. The van der Waals surface area contributed by atoms with Gasteiger partial charge < -0.3 is 19.3 Å². The standard InChI is InChI=1S/C20H19N5O5/c1-9-11-7-10(28-2)8-14(30-4)16(11)22-19(21-9)25-20-23-17-13(29-3)6-5-12(26)15(17)18(27)24-20/h5-8,26H,1-4H3,(H2,21,22,23,24,25,27). The number of hydrogen-bond acceptors (Lipinski definition) is 9. The van der Waals surface area contributed by atoms with Crippen LogP contribution < -0.4 is 25.1 Å². The number of nitrogens with one attached hydrogen (secondary N) is 2. The molecule has 0 bridgehead atoms. The first-order valence-electron chi connectivity index (χ1n) is 8.92. The fourth-order valence-corrected chi connectivity index (χ4v) is 3.19. The second kappa shape index (κ2) is 7.39. The molecule has 0 aliphatic heterocycles. The Morgan fingerprint density at radius 1 is 0.967 bits per heavy atom. The summed E-state index contributed by atoms with van der Waals surface area (Å²) in [6.07, 6.45) is 0. The van der Waals surface area contributed by atoms with Gasteiger partial charge >= 0.3 is 0 Å². The number of phenolic OH excluding ortho intramolecular Hbond substituents is 1. The van der Waals surface area contributed by atoms with Crippen molar-refractivity contribution < 1.29 is 19.3 Å². The molecule has 0 fully saturated rings. The van der Waals surface area contributed by atoms with Crippen LogP contribution in [0.1, 0.15) is 5.69 Å². The van der Waals surface area contributed by atoms with Crippen molar-refractivity contribution in [1.82, 2.24) is 19.9 Å². The van der Waals surface area contributed by atoms with Crippen LogP contribution in [-0.4, -0.2) is 46.4 Å². The Kier molecular flexibility index (Phi) is 4.74. The van der Waals surface area contributed by atoms with E-state index in [1.807, 2.05) is 13.0 Å². The third kappa shape index (κ3) is 3.17. The Balaban J connectivity index is 1.85. The molecule has 10 nitrogen and oxygen atoms in total. The molecular weight excluding hydrogens is 390 g/mol. The first-order valence-corrected chi connectivity index (χ1v) is 8.92. The molecule has 3 N–H and O–H groups in total. The smallest absolute Gasteiger partial charge is 0.264 e. The number of aryl methyl sites for hydroxylation is 1. The minimum atomic E-state index is -0.529. The number of hydrogen-bond donors (Lipinski definition) is 3. The predicted octanol–water partition coefficient (Wildman–Crippen LogP) is 2.65. The number of methoxy groups -OCH3 is 3. The molecule has 0 saturated heterocycles. The maximum absolute atomic E-state index is 12.5. The number of aromatic amines is 1. The Hall–Kier alpha value is -4.08. The van der Waals surface area contributed by atoms with Gasteiger partial charge in [0.2, 0.25) is 11.9 Å². The van der Waals surface area contributed by atoms with E-state index in [1.54, 1.807) is 20.3 Å². The van der Waals surface area contributed by atoms with Crippen LogP contribution in [0, 0.1) is 6.92 Å². The quantitative estimate of drug-likeness (QED) is 0.455. The maximum Gasteiger partial charge on any atom is 0.264 e. The van der Waals surface area contributed by atoms with Crippen molar-refractivity contribution in [2.75, 3.05) is 26.6 Å². The van der Waals surface area contributed by atoms with Gasteiger partial charge in [-0.15, -0.1) is 0 Å². The second-order valence-corrected chi connectivity index (χ2v) is 6.41. The van der Waals surface area contributed by atoms with Gasteiger partial charge in [0.05, 0.1) is 27.0 Å². The summed E-state index contributed by atoms with van der Waals surface area (Å²) in [5, 5.41) is 13.7. The fourth-order valence-electron chi connectivity index (χ4n) is 3.19. The molecule has 0 saturated carbocycles. The molecule has 0 atom stereocenters. The van der Waals surface area contributed by atoms with Crippen LogP contribution in [0.2, 0.25) is 0 Å². The number of nitrogens with zero attached hydrogens (tertiary/aromatic N) is 3. The Bertz CT molecular complexity index is 1340. The molecule has 2 aromatic carbocycles. The lowest BCUT2D eigenvalue weighted by Crippen LogP contribution is -2.13. The summed E-state index contributed by atoms with van der Waals surface area (Å²) < 4.78 is 16.0. The average molecular weight is 409 g/mol. The molecule has 4 aromatic rings. The first-order chi connectivity index (χ1) is 14.4. The molecule has 2 heterocycles. The topological polar surface area (TPSA) is 131 Å². The molecule has 154 valence electrons. The van der Waals surface area contributed by atoms with E-state index in [2.05, 4.69) is 25.3 Å². The zero-order valence-electron chi connectivity index (χ0n) is 16.7. The van der Waals surface area contributed by atoms with Crippen LogP contribution in [-0.2, 0) is 0 Å². The Morgan fingerprint density at radius 2 is 1.73 bits per heavy atom. The zero-order valence-corrected chi connectivity index (χ0v) is 16.7. The molecule has 0 aliphatic rings. The lowest BCUT2D eigenvalue weighted by molar-refractivity contribution is 0.397. The van der Waals surface area contributed by atoms with E-state index in [9.17, 15) is 9.90 Å². The number of benzene rings is 2. The van der Waals surface area contributed by atoms with Crippen molar-refractivity contribution in [3.63, 3.8) is 0 Å². The number of anilines is 2. The predicted molar refractivity (Wildman–Crippen MR) is 111 cm³/mol. The number of phenols is 1. The van der Waals surface area contributed by atoms with Crippen LogP contribution >= 0.6 is 0 Å². The highest BCUT2D eigenvalue weighted by atomic mass is 16.5. The van der Waals surface area contributed by atoms with Gasteiger partial charge in [-0.1, -0.05) is 0 Å². The highest BCUT2D eigenvalue weighted by molar-refractivity contribution is 5.90. The van der Waals surface area contributed by atoms with E-state index in [4.69, 9.17) is 14.2 Å². The highest BCUT2D eigenvalue weighted by Gasteiger charge is 2.16. The lowest BCUT2D eigenvalue weighted by Gasteiger charge is -2.12. The molecule has 2 aromatic heterocycles. The lowest BCUT2D eigenvalue weighted by atomic mass is 10.1. The fraction of sp³-hybridized carbons (Fsp3) is 0.200. The van der Waals surface area contributed by atoms with Crippen molar-refractivity contribution in [2.45, 2.75) is 6.92 Å². The van der Waals surface area contributed by atoms with Crippen molar-refractivity contribution in [1.29, 1.82) is 0 Å². The second-order valence-electron chi connectivity index (χ2n) is 6.41. The molecular formula is C20H19N5O5. The van der Waals surface area contributed by atoms with Crippen LogP contribution in [0.5, 0.6) is 23.0 Å². The van der Waals surface area contributed by atoms with E-state index in [1.165, 1.54) is 19.2 Å². The minimum Gasteiger partial charge on any atom is -0.507 e. The van der Waals surface area contributed by atoms with Crippen LogP contribution in [0.3, 0.4) is 0 Å². The molecule has 0 aliphatic carbocycles. The van der Waals surface area contributed by atoms with Crippen molar-refractivity contribution in [2.24, 2.45) is 0 Å². The summed E-state index contributed by atoms with van der Waals surface area (Å²) in [6, 6.07) is 6.45. The van der Waals surface area contributed by atoms with E-state index < -0.39 is 5.56 Å². The number of H-pyrrole nitrogens is 1. The van der Waals surface area contributed by atoms with E-state index in [0.717, 1.165) is 5.39 Å². The van der Waals surface area contributed by atoms with Crippen LogP contribution in [0.4, 0.5) is 11.9 Å². The summed E-state index contributed by atoms with van der Waals surface area (Å²) in [7, 11) is 4.57. The number of fused-ring (bicyclic) bond motifs is 2. The number of rotatable bonds is 5.